The fraction of sp³-hybridized carbons (Fsp3) is 0.600. The zero-order valence-corrected chi connectivity index (χ0v) is 8.30. The molecule has 1 saturated carbocycles. The molecule has 3 heteroatoms. The lowest BCUT2D eigenvalue weighted by molar-refractivity contribution is 0.428. The number of nitrogens with zero attached hydrogens (tertiary/aromatic N) is 2. The van der Waals surface area contributed by atoms with Gasteiger partial charge in [-0.1, -0.05) is 30.9 Å². The average molecular weight is 197 g/mol. The Bertz CT molecular complexity index is 265. The summed E-state index contributed by atoms with van der Waals surface area (Å²) in [5.41, 5.74) is 0. The molecule has 1 aliphatic carbocycles. The van der Waals surface area contributed by atoms with Gasteiger partial charge in [0.25, 0.3) is 0 Å². The lowest BCUT2D eigenvalue weighted by atomic mass is 9.89. The maximum absolute atomic E-state index is 5.73. The summed E-state index contributed by atoms with van der Waals surface area (Å²) in [5.74, 6) is 1.55. The molecule has 1 fully saturated rings. The molecule has 1 aromatic heterocycles. The van der Waals surface area contributed by atoms with E-state index < -0.39 is 0 Å². The number of rotatable bonds is 1. The third kappa shape index (κ3) is 2.19. The Kier molecular flexibility index (Phi) is 2.79. The van der Waals surface area contributed by atoms with Gasteiger partial charge in [0.05, 0.1) is 5.02 Å². The van der Waals surface area contributed by atoms with Crippen molar-refractivity contribution in [1.29, 1.82) is 0 Å². The highest BCUT2D eigenvalue weighted by molar-refractivity contribution is 6.30. The zero-order valence-electron chi connectivity index (χ0n) is 7.54. The monoisotopic (exact) mass is 196 g/mol. The van der Waals surface area contributed by atoms with Gasteiger partial charge in [-0.3, -0.25) is 0 Å². The van der Waals surface area contributed by atoms with E-state index in [1.165, 1.54) is 32.1 Å². The maximum atomic E-state index is 5.73. The molecule has 0 radical (unpaired) electrons. The minimum atomic E-state index is 0.575. The smallest absolute Gasteiger partial charge is 0.131 e. The molecule has 0 unspecified atom stereocenters. The molecule has 0 bridgehead atoms. The van der Waals surface area contributed by atoms with Crippen LogP contribution in [0.25, 0.3) is 0 Å². The van der Waals surface area contributed by atoms with Crippen molar-refractivity contribution in [2.75, 3.05) is 0 Å². The Morgan fingerprint density at radius 3 is 2.31 bits per heavy atom. The quantitative estimate of drug-likeness (QED) is 0.690. The van der Waals surface area contributed by atoms with Crippen molar-refractivity contribution in [1.82, 2.24) is 9.97 Å². The highest BCUT2D eigenvalue weighted by Crippen LogP contribution is 2.30. The van der Waals surface area contributed by atoms with Gasteiger partial charge >= 0.3 is 0 Å². The SMILES string of the molecule is Clc1cnc(C2CCCCC2)nc1. The maximum Gasteiger partial charge on any atom is 0.131 e. The Morgan fingerprint density at radius 2 is 1.69 bits per heavy atom. The van der Waals surface area contributed by atoms with E-state index in [4.69, 9.17) is 11.6 Å². The first-order chi connectivity index (χ1) is 6.36. The summed E-state index contributed by atoms with van der Waals surface area (Å²) in [4.78, 5) is 8.52. The molecule has 1 aliphatic rings. The van der Waals surface area contributed by atoms with Crippen LogP contribution in [0.1, 0.15) is 43.8 Å². The Hall–Kier alpha value is -0.630. The Labute approximate surface area is 83.4 Å². The Morgan fingerprint density at radius 1 is 1.08 bits per heavy atom. The highest BCUT2D eigenvalue weighted by Gasteiger charge is 2.17. The first-order valence-electron chi connectivity index (χ1n) is 4.84. The third-order valence-electron chi connectivity index (χ3n) is 2.61. The second-order valence-electron chi connectivity index (χ2n) is 3.59. The van der Waals surface area contributed by atoms with Crippen molar-refractivity contribution >= 4 is 11.6 Å². The van der Waals surface area contributed by atoms with Crippen LogP contribution in [-0.2, 0) is 0 Å². The van der Waals surface area contributed by atoms with E-state index in [1.54, 1.807) is 12.4 Å². The average Bonchev–Trinajstić information content (AvgIpc) is 2.20. The van der Waals surface area contributed by atoms with Crippen LogP contribution in [-0.4, -0.2) is 9.97 Å². The number of halogens is 1. The van der Waals surface area contributed by atoms with Gasteiger partial charge in [0.15, 0.2) is 0 Å². The standard InChI is InChI=1S/C10H13ClN2/c11-9-6-12-10(13-7-9)8-4-2-1-3-5-8/h6-8H,1-5H2. The predicted molar refractivity (Wildman–Crippen MR) is 52.9 cm³/mol. The molecule has 0 atom stereocenters. The van der Waals surface area contributed by atoms with Crippen LogP contribution in [0.3, 0.4) is 0 Å². The van der Waals surface area contributed by atoms with Crippen LogP contribution in [0.15, 0.2) is 12.4 Å². The van der Waals surface area contributed by atoms with Gasteiger partial charge in [-0.2, -0.15) is 0 Å². The number of aromatic nitrogens is 2. The fourth-order valence-corrected chi connectivity index (χ4v) is 1.99. The van der Waals surface area contributed by atoms with Gasteiger partial charge in [0.2, 0.25) is 0 Å². The van der Waals surface area contributed by atoms with Gasteiger partial charge in [0, 0.05) is 18.3 Å². The van der Waals surface area contributed by atoms with Crippen LogP contribution in [0.5, 0.6) is 0 Å². The summed E-state index contributed by atoms with van der Waals surface area (Å²) in [5, 5.41) is 0.625. The number of hydrogen-bond donors (Lipinski definition) is 0. The zero-order chi connectivity index (χ0) is 9.10. The predicted octanol–water partition coefficient (Wildman–Crippen LogP) is 3.18. The molecule has 70 valence electrons. The summed E-state index contributed by atoms with van der Waals surface area (Å²) in [6.07, 6.45) is 9.86. The molecular formula is C10H13ClN2. The van der Waals surface area contributed by atoms with Gasteiger partial charge in [-0.05, 0) is 12.8 Å². The van der Waals surface area contributed by atoms with E-state index in [-0.39, 0.29) is 0 Å². The van der Waals surface area contributed by atoms with Crippen molar-refractivity contribution in [2.45, 2.75) is 38.0 Å². The van der Waals surface area contributed by atoms with Crippen molar-refractivity contribution in [3.63, 3.8) is 0 Å². The first kappa shape index (κ1) is 8.95. The lowest BCUT2D eigenvalue weighted by Crippen LogP contribution is -2.08. The molecule has 1 heterocycles. The van der Waals surface area contributed by atoms with Gasteiger partial charge in [-0.15, -0.1) is 0 Å². The van der Waals surface area contributed by atoms with Crippen LogP contribution in [0, 0.1) is 0 Å². The number of hydrogen-bond acceptors (Lipinski definition) is 2. The molecule has 0 aromatic carbocycles. The molecule has 0 N–H and O–H groups in total. The van der Waals surface area contributed by atoms with E-state index in [0.29, 0.717) is 10.9 Å². The summed E-state index contributed by atoms with van der Waals surface area (Å²) >= 11 is 5.73. The van der Waals surface area contributed by atoms with Crippen LogP contribution >= 0.6 is 11.6 Å². The lowest BCUT2D eigenvalue weighted by Gasteiger charge is -2.19. The van der Waals surface area contributed by atoms with Crippen molar-refractivity contribution in [3.05, 3.63) is 23.2 Å². The van der Waals surface area contributed by atoms with Gasteiger partial charge in [-0.25, -0.2) is 9.97 Å². The topological polar surface area (TPSA) is 25.8 Å². The minimum Gasteiger partial charge on any atom is -0.240 e. The van der Waals surface area contributed by atoms with Crippen LogP contribution in [0.4, 0.5) is 0 Å². The molecular weight excluding hydrogens is 184 g/mol. The van der Waals surface area contributed by atoms with Crippen molar-refractivity contribution in [2.24, 2.45) is 0 Å². The molecule has 2 rings (SSSR count). The van der Waals surface area contributed by atoms with E-state index >= 15 is 0 Å². The van der Waals surface area contributed by atoms with Gasteiger partial charge < -0.3 is 0 Å². The van der Waals surface area contributed by atoms with E-state index in [1.807, 2.05) is 0 Å². The van der Waals surface area contributed by atoms with E-state index in [0.717, 1.165) is 5.82 Å². The van der Waals surface area contributed by atoms with Crippen molar-refractivity contribution < 1.29 is 0 Å². The minimum absolute atomic E-state index is 0.575. The summed E-state index contributed by atoms with van der Waals surface area (Å²) in [6, 6.07) is 0. The first-order valence-corrected chi connectivity index (χ1v) is 5.21. The molecule has 0 amide bonds. The van der Waals surface area contributed by atoms with E-state index in [2.05, 4.69) is 9.97 Å². The summed E-state index contributed by atoms with van der Waals surface area (Å²) in [7, 11) is 0. The second-order valence-corrected chi connectivity index (χ2v) is 4.03. The van der Waals surface area contributed by atoms with E-state index in [9.17, 15) is 0 Å². The normalized spacial score (nSPS) is 18.8. The molecule has 13 heavy (non-hydrogen) atoms. The summed E-state index contributed by atoms with van der Waals surface area (Å²) in [6.45, 7) is 0. The molecule has 0 spiro atoms. The van der Waals surface area contributed by atoms with Crippen LogP contribution < -0.4 is 0 Å². The van der Waals surface area contributed by atoms with Gasteiger partial charge in [0.1, 0.15) is 5.82 Å². The molecule has 0 saturated heterocycles. The second kappa shape index (κ2) is 4.05. The molecule has 0 aliphatic heterocycles. The summed E-state index contributed by atoms with van der Waals surface area (Å²) < 4.78 is 0. The fourth-order valence-electron chi connectivity index (χ4n) is 1.89. The van der Waals surface area contributed by atoms with Crippen molar-refractivity contribution in [3.8, 4) is 0 Å². The van der Waals surface area contributed by atoms with Crippen LogP contribution in [0.2, 0.25) is 5.02 Å². The molecule has 1 aromatic rings. The third-order valence-corrected chi connectivity index (χ3v) is 2.81. The molecule has 2 nitrogen and oxygen atoms in total. The highest BCUT2D eigenvalue weighted by atomic mass is 35.5. The Balaban J connectivity index is 2.10. The largest absolute Gasteiger partial charge is 0.240 e.